The minimum absolute atomic E-state index is 0.0267. The smallest absolute Gasteiger partial charge is 0.259 e. The number of benzene rings is 2. The maximum atomic E-state index is 12.8. The molecule has 2 aromatic rings. The number of hydrogen-bond acceptors (Lipinski definition) is 3. The Morgan fingerprint density at radius 3 is 2.37 bits per heavy atom. The summed E-state index contributed by atoms with van der Waals surface area (Å²) in [7, 11) is 0. The van der Waals surface area contributed by atoms with Crippen molar-refractivity contribution in [1.82, 2.24) is 9.80 Å². The summed E-state index contributed by atoms with van der Waals surface area (Å²) in [6.07, 6.45) is 0. The van der Waals surface area contributed by atoms with Crippen molar-refractivity contribution in [2.24, 2.45) is 0 Å². The summed E-state index contributed by atoms with van der Waals surface area (Å²) in [4.78, 5) is 31.0. The van der Waals surface area contributed by atoms with Crippen LogP contribution in [0, 0.1) is 6.92 Å². The average Bonchev–Trinajstić information content (AvgIpc) is 2.93. The Labute approximate surface area is 159 Å². The van der Waals surface area contributed by atoms with Gasteiger partial charge in [-0.1, -0.05) is 36.9 Å². The molecule has 2 aromatic carbocycles. The Morgan fingerprint density at radius 1 is 1.00 bits per heavy atom. The predicted octanol–water partition coefficient (Wildman–Crippen LogP) is 2.77. The first-order valence-corrected chi connectivity index (χ1v) is 9.24. The summed E-state index contributed by atoms with van der Waals surface area (Å²) in [6.45, 7) is 9.06. The van der Waals surface area contributed by atoms with E-state index in [0.29, 0.717) is 24.4 Å². The summed E-state index contributed by atoms with van der Waals surface area (Å²) < 4.78 is 0. The zero-order chi connectivity index (χ0) is 19.0. The molecule has 0 unspecified atom stereocenters. The third kappa shape index (κ3) is 3.21. The van der Waals surface area contributed by atoms with Crippen molar-refractivity contribution in [2.45, 2.75) is 6.92 Å². The third-order valence-corrected chi connectivity index (χ3v) is 5.33. The van der Waals surface area contributed by atoms with Gasteiger partial charge in [-0.3, -0.25) is 14.5 Å². The lowest BCUT2D eigenvalue weighted by Crippen LogP contribution is -2.51. The first kappa shape index (κ1) is 17.3. The van der Waals surface area contributed by atoms with Gasteiger partial charge < -0.3 is 9.80 Å². The second kappa shape index (κ2) is 6.91. The molecule has 5 heteroatoms. The number of fused-ring (bicyclic) bond motifs is 1. The molecule has 0 N–H and O–H groups in total. The van der Waals surface area contributed by atoms with E-state index < -0.39 is 0 Å². The van der Waals surface area contributed by atoms with Gasteiger partial charge in [-0.15, -0.1) is 0 Å². The number of nitrogens with zero attached hydrogens (tertiary/aromatic N) is 3. The summed E-state index contributed by atoms with van der Waals surface area (Å²) in [5.41, 5.74) is 4.48. The number of rotatable bonds is 3. The second-order valence-electron chi connectivity index (χ2n) is 7.09. The molecule has 4 rings (SSSR count). The van der Waals surface area contributed by atoms with E-state index in [1.807, 2.05) is 23.1 Å². The standard InChI is InChI=1S/C22H23N3O2/c1-16-6-5-7-18(14-16)23-10-12-24(13-11-23)21(26)15-25-17(2)19-8-3-4-9-20(19)22(25)27/h3-9,14H,2,10-13,15H2,1H3. The number of carbonyl (C=O) groups is 2. The molecule has 1 fully saturated rings. The molecule has 2 heterocycles. The third-order valence-electron chi connectivity index (χ3n) is 5.33. The topological polar surface area (TPSA) is 43.9 Å². The van der Waals surface area contributed by atoms with Crippen molar-refractivity contribution in [1.29, 1.82) is 0 Å². The van der Waals surface area contributed by atoms with Crippen LogP contribution in [-0.4, -0.2) is 54.3 Å². The number of hydrogen-bond donors (Lipinski definition) is 0. The molecule has 0 aromatic heterocycles. The molecule has 2 aliphatic rings. The van der Waals surface area contributed by atoms with Crippen LogP contribution in [0.2, 0.25) is 0 Å². The second-order valence-corrected chi connectivity index (χ2v) is 7.09. The molecule has 0 saturated carbocycles. The largest absolute Gasteiger partial charge is 0.368 e. The van der Waals surface area contributed by atoms with E-state index in [1.54, 1.807) is 6.07 Å². The van der Waals surface area contributed by atoms with Gasteiger partial charge in [0.15, 0.2) is 0 Å². The minimum atomic E-state index is -0.137. The number of carbonyl (C=O) groups excluding carboxylic acids is 2. The first-order chi connectivity index (χ1) is 13.0. The molecule has 1 saturated heterocycles. The highest BCUT2D eigenvalue weighted by Crippen LogP contribution is 2.31. The molecule has 0 aliphatic carbocycles. The summed E-state index contributed by atoms with van der Waals surface area (Å²) in [5, 5.41) is 0. The van der Waals surface area contributed by atoms with Crippen molar-refractivity contribution in [3.05, 3.63) is 71.8 Å². The van der Waals surface area contributed by atoms with Crippen LogP contribution in [0.1, 0.15) is 21.5 Å². The van der Waals surface area contributed by atoms with Gasteiger partial charge in [0.2, 0.25) is 5.91 Å². The van der Waals surface area contributed by atoms with Gasteiger partial charge in [-0.25, -0.2) is 0 Å². The molecule has 0 bridgehead atoms. The van der Waals surface area contributed by atoms with Crippen molar-refractivity contribution < 1.29 is 9.59 Å². The molecular formula is C22H23N3O2. The quantitative estimate of drug-likeness (QED) is 0.844. The monoisotopic (exact) mass is 361 g/mol. The fraction of sp³-hybridized carbons (Fsp3) is 0.273. The number of piperazine rings is 1. The van der Waals surface area contributed by atoms with Crippen LogP contribution in [0.5, 0.6) is 0 Å². The van der Waals surface area contributed by atoms with Crippen LogP contribution >= 0.6 is 0 Å². The number of aryl methyl sites for hydroxylation is 1. The Kier molecular flexibility index (Phi) is 4.44. The molecule has 2 aliphatic heterocycles. The summed E-state index contributed by atoms with van der Waals surface area (Å²) in [6, 6.07) is 15.8. The lowest BCUT2D eigenvalue weighted by Gasteiger charge is -2.37. The van der Waals surface area contributed by atoms with Crippen molar-refractivity contribution in [3.8, 4) is 0 Å². The van der Waals surface area contributed by atoms with E-state index in [1.165, 1.54) is 16.2 Å². The van der Waals surface area contributed by atoms with E-state index in [-0.39, 0.29) is 18.4 Å². The maximum absolute atomic E-state index is 12.8. The number of amides is 2. The highest BCUT2D eigenvalue weighted by molar-refractivity contribution is 6.10. The zero-order valence-corrected chi connectivity index (χ0v) is 15.5. The van der Waals surface area contributed by atoms with Gasteiger partial charge in [-0.05, 0) is 30.7 Å². The van der Waals surface area contributed by atoms with Crippen molar-refractivity contribution in [2.75, 3.05) is 37.6 Å². The van der Waals surface area contributed by atoms with E-state index >= 15 is 0 Å². The van der Waals surface area contributed by atoms with Gasteiger partial charge in [-0.2, -0.15) is 0 Å². The predicted molar refractivity (Wildman–Crippen MR) is 106 cm³/mol. The van der Waals surface area contributed by atoms with Crippen LogP contribution in [-0.2, 0) is 4.79 Å². The van der Waals surface area contributed by atoms with Gasteiger partial charge in [0, 0.05) is 48.7 Å². The molecule has 27 heavy (non-hydrogen) atoms. The van der Waals surface area contributed by atoms with Crippen molar-refractivity contribution in [3.63, 3.8) is 0 Å². The van der Waals surface area contributed by atoms with E-state index in [2.05, 4.69) is 42.7 Å². The summed E-state index contributed by atoms with van der Waals surface area (Å²) >= 11 is 0. The van der Waals surface area contributed by atoms with Crippen LogP contribution in [0.25, 0.3) is 5.70 Å². The lowest BCUT2D eigenvalue weighted by atomic mass is 10.1. The SMILES string of the molecule is C=C1c2ccccc2C(=O)N1CC(=O)N1CCN(c2cccc(C)c2)CC1. The van der Waals surface area contributed by atoms with Gasteiger partial charge in [0.05, 0.1) is 0 Å². The minimum Gasteiger partial charge on any atom is -0.368 e. The van der Waals surface area contributed by atoms with Crippen LogP contribution in [0.15, 0.2) is 55.1 Å². The Bertz CT molecular complexity index is 878. The Morgan fingerprint density at radius 2 is 1.70 bits per heavy atom. The molecule has 0 radical (unpaired) electrons. The maximum Gasteiger partial charge on any atom is 0.259 e. The number of anilines is 1. The van der Waals surface area contributed by atoms with Gasteiger partial charge in [0.25, 0.3) is 5.91 Å². The normalized spacial score (nSPS) is 16.7. The molecule has 0 atom stereocenters. The highest BCUT2D eigenvalue weighted by Gasteiger charge is 2.33. The molecule has 0 spiro atoms. The van der Waals surface area contributed by atoms with Crippen LogP contribution < -0.4 is 4.90 Å². The van der Waals surface area contributed by atoms with Crippen LogP contribution in [0.4, 0.5) is 5.69 Å². The van der Waals surface area contributed by atoms with E-state index in [4.69, 9.17) is 0 Å². The van der Waals surface area contributed by atoms with Crippen LogP contribution in [0.3, 0.4) is 0 Å². The molecule has 5 nitrogen and oxygen atoms in total. The summed E-state index contributed by atoms with van der Waals surface area (Å²) in [5.74, 6) is -0.163. The Balaban J connectivity index is 1.38. The Hall–Kier alpha value is -3.08. The van der Waals surface area contributed by atoms with E-state index in [9.17, 15) is 9.59 Å². The molecular weight excluding hydrogens is 338 g/mol. The van der Waals surface area contributed by atoms with Gasteiger partial charge >= 0.3 is 0 Å². The average molecular weight is 361 g/mol. The lowest BCUT2D eigenvalue weighted by molar-refractivity contribution is -0.131. The fourth-order valence-corrected chi connectivity index (χ4v) is 3.78. The zero-order valence-electron chi connectivity index (χ0n) is 15.5. The fourth-order valence-electron chi connectivity index (χ4n) is 3.78. The van der Waals surface area contributed by atoms with E-state index in [0.717, 1.165) is 18.7 Å². The molecule has 138 valence electrons. The molecule has 2 amide bonds. The highest BCUT2D eigenvalue weighted by atomic mass is 16.2. The van der Waals surface area contributed by atoms with Crippen molar-refractivity contribution >= 4 is 23.2 Å². The van der Waals surface area contributed by atoms with Gasteiger partial charge in [0.1, 0.15) is 6.54 Å². The first-order valence-electron chi connectivity index (χ1n) is 9.24.